The Kier molecular flexibility index (Phi) is 6.76. The number of benzene rings is 2. The van der Waals surface area contributed by atoms with Crippen LogP contribution in [0.4, 0.5) is 10.1 Å². The van der Waals surface area contributed by atoms with Gasteiger partial charge >= 0.3 is 0 Å². The van der Waals surface area contributed by atoms with Crippen molar-refractivity contribution in [3.63, 3.8) is 0 Å². The van der Waals surface area contributed by atoms with Crippen molar-refractivity contribution in [3.05, 3.63) is 64.4 Å². The number of carbonyl (C=O) groups excluding carboxylic acids is 1. The molecule has 0 saturated carbocycles. The van der Waals surface area contributed by atoms with E-state index in [4.69, 9.17) is 11.6 Å². The fourth-order valence-electron chi connectivity index (χ4n) is 4.52. The number of nitrogens with zero attached hydrogens (tertiary/aromatic N) is 3. The highest BCUT2D eigenvalue weighted by molar-refractivity contribution is 6.31. The lowest BCUT2D eigenvalue weighted by molar-refractivity contribution is -0.127. The summed E-state index contributed by atoms with van der Waals surface area (Å²) in [6.07, 6.45) is 3.28. The summed E-state index contributed by atoms with van der Waals surface area (Å²) in [7, 11) is 1.78. The molecule has 1 saturated heterocycles. The van der Waals surface area contributed by atoms with Crippen molar-refractivity contribution in [2.75, 3.05) is 38.1 Å². The average molecular weight is 443 g/mol. The molecule has 0 aliphatic carbocycles. The van der Waals surface area contributed by atoms with Gasteiger partial charge in [0.25, 0.3) is 0 Å². The van der Waals surface area contributed by atoms with Crippen LogP contribution in [0.2, 0.25) is 5.02 Å². The smallest absolute Gasteiger partial charge is 0.222 e. The molecule has 1 atom stereocenters. The number of rotatable bonds is 6. The molecule has 0 bridgehead atoms. The maximum Gasteiger partial charge on any atom is 0.222 e. The topological polar surface area (TPSA) is 47.9 Å². The minimum absolute atomic E-state index is 0.278. The minimum Gasteiger partial charge on any atom is -0.356 e. The lowest BCUT2D eigenvalue weighted by atomic mass is 9.98. The third kappa shape index (κ3) is 4.85. The fourth-order valence-corrected chi connectivity index (χ4v) is 4.79. The van der Waals surface area contributed by atoms with E-state index in [1.807, 2.05) is 11.0 Å². The van der Waals surface area contributed by atoms with E-state index < -0.39 is 0 Å². The molecule has 2 heterocycles. The van der Waals surface area contributed by atoms with Crippen molar-refractivity contribution in [2.45, 2.75) is 31.6 Å². The van der Waals surface area contributed by atoms with E-state index in [0.29, 0.717) is 30.3 Å². The molecule has 31 heavy (non-hydrogen) atoms. The van der Waals surface area contributed by atoms with Gasteiger partial charge in [0, 0.05) is 56.3 Å². The predicted octanol–water partition coefficient (Wildman–Crippen LogP) is 4.21. The van der Waals surface area contributed by atoms with Gasteiger partial charge in [0.2, 0.25) is 5.91 Å². The zero-order chi connectivity index (χ0) is 21.8. The van der Waals surface area contributed by atoms with Crippen molar-refractivity contribution < 1.29 is 9.18 Å². The van der Waals surface area contributed by atoms with E-state index in [9.17, 15) is 9.18 Å². The first-order chi connectivity index (χ1) is 15.1. The van der Waals surface area contributed by atoms with Crippen LogP contribution in [-0.4, -0.2) is 50.0 Å². The zero-order valence-corrected chi connectivity index (χ0v) is 18.5. The molecule has 1 fully saturated rings. The number of likely N-dealkylation sites (tertiary alicyclic amines) is 1. The number of para-hydroxylation sites is 1. The Morgan fingerprint density at radius 2 is 2.13 bits per heavy atom. The second kappa shape index (κ2) is 9.69. The third-order valence-electron chi connectivity index (χ3n) is 6.15. The van der Waals surface area contributed by atoms with E-state index in [1.54, 1.807) is 13.1 Å². The number of aliphatic imine (C=N–C) groups is 1. The Hall–Kier alpha value is -2.60. The normalized spacial score (nSPS) is 18.6. The molecule has 1 N–H and O–H groups in total. The average Bonchev–Trinajstić information content (AvgIpc) is 3.34. The van der Waals surface area contributed by atoms with Gasteiger partial charge in [-0.3, -0.25) is 9.79 Å². The monoisotopic (exact) mass is 442 g/mol. The summed E-state index contributed by atoms with van der Waals surface area (Å²) in [6.45, 7) is 3.16. The van der Waals surface area contributed by atoms with Crippen LogP contribution >= 0.6 is 11.6 Å². The van der Waals surface area contributed by atoms with Gasteiger partial charge in [-0.25, -0.2) is 4.39 Å². The second-order valence-electron chi connectivity index (χ2n) is 8.10. The highest BCUT2D eigenvalue weighted by Gasteiger charge is 2.32. The van der Waals surface area contributed by atoms with Crippen LogP contribution in [-0.2, 0) is 11.2 Å². The molecule has 2 aliphatic rings. The number of hydrogen-bond donors (Lipinski definition) is 1. The number of hydrogen-bond acceptors (Lipinski definition) is 2. The van der Waals surface area contributed by atoms with E-state index in [0.717, 1.165) is 49.7 Å². The van der Waals surface area contributed by atoms with E-state index in [-0.39, 0.29) is 11.7 Å². The summed E-state index contributed by atoms with van der Waals surface area (Å²) in [5.41, 5.74) is 3.37. The van der Waals surface area contributed by atoms with Crippen LogP contribution in [0.25, 0.3) is 0 Å². The van der Waals surface area contributed by atoms with Gasteiger partial charge in [0.15, 0.2) is 5.96 Å². The minimum atomic E-state index is -0.326. The number of fused-ring (bicyclic) bond motifs is 1. The zero-order valence-electron chi connectivity index (χ0n) is 17.8. The van der Waals surface area contributed by atoms with Gasteiger partial charge in [-0.1, -0.05) is 35.9 Å². The molecular weight excluding hydrogens is 415 g/mol. The highest BCUT2D eigenvalue weighted by Crippen LogP contribution is 2.38. The van der Waals surface area contributed by atoms with E-state index in [2.05, 4.69) is 33.4 Å². The van der Waals surface area contributed by atoms with Gasteiger partial charge in [0.1, 0.15) is 5.82 Å². The summed E-state index contributed by atoms with van der Waals surface area (Å²) in [6, 6.07) is 12.9. The SMILES string of the molecule is CN=C(NCCc1ccc(F)cc1Cl)N1CC(CCN2CCCC2=O)c2ccccc21. The quantitative estimate of drug-likeness (QED) is 0.538. The Bertz CT molecular complexity index is 980. The molecule has 0 aromatic heterocycles. The highest BCUT2D eigenvalue weighted by atomic mass is 35.5. The van der Waals surface area contributed by atoms with Gasteiger partial charge in [0.05, 0.1) is 0 Å². The van der Waals surface area contributed by atoms with Crippen LogP contribution in [0, 0.1) is 5.82 Å². The molecule has 5 nitrogen and oxygen atoms in total. The lowest BCUT2D eigenvalue weighted by Crippen LogP contribution is -2.42. The lowest BCUT2D eigenvalue weighted by Gasteiger charge is -2.23. The molecule has 2 aromatic rings. The van der Waals surface area contributed by atoms with Gasteiger partial charge in [-0.05, 0) is 48.6 Å². The standard InChI is InChI=1S/C24H28ClFN4O/c1-27-24(28-12-10-17-8-9-19(26)15-21(17)25)30-16-18(20-5-2-3-6-22(20)30)11-14-29-13-4-7-23(29)31/h2-3,5-6,8-9,15,18H,4,7,10-14,16H2,1H3,(H,27,28). The third-order valence-corrected chi connectivity index (χ3v) is 6.50. The summed E-state index contributed by atoms with van der Waals surface area (Å²) in [5, 5.41) is 3.87. The number of halogens is 2. The van der Waals surface area contributed by atoms with Crippen molar-refractivity contribution in [2.24, 2.45) is 4.99 Å². The van der Waals surface area contributed by atoms with Crippen molar-refractivity contribution >= 4 is 29.2 Å². The molecule has 4 rings (SSSR count). The molecule has 164 valence electrons. The number of nitrogens with one attached hydrogen (secondary N) is 1. The van der Waals surface area contributed by atoms with Gasteiger partial charge in [-0.2, -0.15) is 0 Å². The number of carbonyl (C=O) groups is 1. The summed E-state index contributed by atoms with van der Waals surface area (Å²) < 4.78 is 13.3. The Morgan fingerprint density at radius 3 is 2.87 bits per heavy atom. The largest absolute Gasteiger partial charge is 0.356 e. The number of amides is 1. The Balaban J connectivity index is 1.40. The first kappa shape index (κ1) is 21.6. The molecule has 0 spiro atoms. The van der Waals surface area contributed by atoms with Crippen LogP contribution in [0.5, 0.6) is 0 Å². The van der Waals surface area contributed by atoms with Crippen molar-refractivity contribution in [3.8, 4) is 0 Å². The van der Waals surface area contributed by atoms with Gasteiger partial charge < -0.3 is 15.1 Å². The first-order valence-corrected chi connectivity index (χ1v) is 11.2. The molecule has 2 aromatic carbocycles. The van der Waals surface area contributed by atoms with E-state index >= 15 is 0 Å². The number of anilines is 1. The summed E-state index contributed by atoms with van der Waals surface area (Å²) in [4.78, 5) is 20.7. The fraction of sp³-hybridized carbons (Fsp3) is 0.417. The van der Waals surface area contributed by atoms with Crippen LogP contribution in [0.15, 0.2) is 47.5 Å². The van der Waals surface area contributed by atoms with Gasteiger partial charge in [-0.15, -0.1) is 0 Å². The maximum absolute atomic E-state index is 13.3. The van der Waals surface area contributed by atoms with Crippen molar-refractivity contribution in [1.29, 1.82) is 0 Å². The molecular formula is C24H28ClFN4O. The van der Waals surface area contributed by atoms with Crippen LogP contribution < -0.4 is 10.2 Å². The van der Waals surface area contributed by atoms with Crippen LogP contribution in [0.3, 0.4) is 0 Å². The second-order valence-corrected chi connectivity index (χ2v) is 8.51. The van der Waals surface area contributed by atoms with Crippen LogP contribution in [0.1, 0.15) is 36.3 Å². The van der Waals surface area contributed by atoms with Crippen molar-refractivity contribution in [1.82, 2.24) is 10.2 Å². The number of guanidine groups is 1. The molecule has 7 heteroatoms. The predicted molar refractivity (Wildman–Crippen MR) is 123 cm³/mol. The molecule has 0 radical (unpaired) electrons. The first-order valence-electron chi connectivity index (χ1n) is 10.9. The summed E-state index contributed by atoms with van der Waals surface area (Å²) in [5.74, 6) is 1.12. The molecule has 1 unspecified atom stereocenters. The maximum atomic E-state index is 13.3. The Labute approximate surface area is 187 Å². The Morgan fingerprint density at radius 1 is 1.29 bits per heavy atom. The van der Waals surface area contributed by atoms with E-state index in [1.165, 1.54) is 17.7 Å². The molecule has 1 amide bonds. The molecule has 2 aliphatic heterocycles. The summed E-state index contributed by atoms with van der Waals surface area (Å²) >= 11 is 6.15.